The highest BCUT2D eigenvalue weighted by Crippen LogP contribution is 2.35. The molecule has 0 spiro atoms. The molecule has 1 N–H and O–H groups in total. The van der Waals surface area contributed by atoms with Gasteiger partial charge in [-0.15, -0.1) is 0 Å². The number of nitrogens with zero attached hydrogens (tertiary/aromatic N) is 2. The van der Waals surface area contributed by atoms with E-state index in [9.17, 15) is 18.4 Å². The highest BCUT2D eigenvalue weighted by Gasteiger charge is 2.40. The Balaban J connectivity index is 1.82. The summed E-state index contributed by atoms with van der Waals surface area (Å²) in [7, 11) is 3.71. The van der Waals surface area contributed by atoms with Crippen LogP contribution in [-0.2, 0) is 9.59 Å². The van der Waals surface area contributed by atoms with E-state index in [2.05, 4.69) is 5.32 Å². The number of hydrogen-bond donors (Lipinski definition) is 1. The third-order valence-corrected chi connectivity index (χ3v) is 4.92. The van der Waals surface area contributed by atoms with Gasteiger partial charge in [0, 0.05) is 25.5 Å². The largest absolute Gasteiger partial charge is 0.378 e. The number of imide groups is 1. The van der Waals surface area contributed by atoms with Crippen LogP contribution in [0.15, 0.2) is 78.5 Å². The normalized spacial score (nSPS) is 13.7. The van der Waals surface area contributed by atoms with E-state index >= 15 is 0 Å². The summed E-state index contributed by atoms with van der Waals surface area (Å²) in [4.78, 5) is 29.6. The molecule has 0 radical (unpaired) electrons. The van der Waals surface area contributed by atoms with Crippen LogP contribution >= 0.6 is 0 Å². The zero-order valence-corrected chi connectivity index (χ0v) is 16.9. The first-order valence-corrected chi connectivity index (χ1v) is 9.54. The minimum Gasteiger partial charge on any atom is -0.378 e. The summed E-state index contributed by atoms with van der Waals surface area (Å²) in [6, 6.07) is 17.9. The van der Waals surface area contributed by atoms with Crippen molar-refractivity contribution in [1.29, 1.82) is 0 Å². The number of amides is 2. The summed E-state index contributed by atoms with van der Waals surface area (Å²) in [5, 5.41) is 2.89. The molecule has 3 aromatic carbocycles. The van der Waals surface area contributed by atoms with E-state index in [0.717, 1.165) is 10.6 Å². The van der Waals surface area contributed by atoms with Crippen LogP contribution in [0, 0.1) is 11.6 Å². The van der Waals surface area contributed by atoms with Crippen LogP contribution < -0.4 is 15.1 Å². The lowest BCUT2D eigenvalue weighted by atomic mass is 10.0. The standard InChI is InChI=1S/C24H19F2N3O2/c1-28(2)19-7-4-8-20(14-19)29-23(30)21(15-9-11-16(25)12-10-15)22(24(29)31)27-18-6-3-5-17(26)13-18/h3-14,27H,1-2H3. The summed E-state index contributed by atoms with van der Waals surface area (Å²) in [5.41, 5.74) is 2.00. The molecule has 0 bridgehead atoms. The maximum Gasteiger partial charge on any atom is 0.282 e. The number of nitrogens with one attached hydrogen (secondary N) is 1. The lowest BCUT2D eigenvalue weighted by Crippen LogP contribution is -2.32. The van der Waals surface area contributed by atoms with Gasteiger partial charge in [0.1, 0.15) is 17.3 Å². The van der Waals surface area contributed by atoms with Crippen LogP contribution in [0.1, 0.15) is 5.56 Å². The van der Waals surface area contributed by atoms with E-state index in [0.29, 0.717) is 16.9 Å². The van der Waals surface area contributed by atoms with E-state index in [1.165, 1.54) is 42.5 Å². The molecule has 0 fully saturated rings. The first kappa shape index (κ1) is 20.3. The molecule has 5 nitrogen and oxygen atoms in total. The first-order valence-electron chi connectivity index (χ1n) is 9.54. The predicted octanol–water partition coefficient (Wildman–Crippen LogP) is 4.43. The second-order valence-electron chi connectivity index (χ2n) is 7.25. The van der Waals surface area contributed by atoms with E-state index in [-0.39, 0.29) is 11.3 Å². The molecule has 156 valence electrons. The zero-order valence-electron chi connectivity index (χ0n) is 16.9. The minimum atomic E-state index is -0.579. The van der Waals surface area contributed by atoms with Crippen molar-refractivity contribution < 1.29 is 18.4 Å². The number of halogens is 2. The van der Waals surface area contributed by atoms with Gasteiger partial charge < -0.3 is 10.2 Å². The Kier molecular flexibility index (Phi) is 5.25. The third-order valence-electron chi connectivity index (χ3n) is 4.92. The minimum absolute atomic E-state index is 0.00235. The number of rotatable bonds is 5. The van der Waals surface area contributed by atoms with Gasteiger partial charge in [0.2, 0.25) is 0 Å². The van der Waals surface area contributed by atoms with E-state index < -0.39 is 23.4 Å². The van der Waals surface area contributed by atoms with Gasteiger partial charge in [0.05, 0.1) is 11.3 Å². The number of carbonyl (C=O) groups excluding carboxylic acids is 2. The summed E-state index contributed by atoms with van der Waals surface area (Å²) < 4.78 is 27.1. The molecular weight excluding hydrogens is 400 g/mol. The van der Waals surface area contributed by atoms with Crippen molar-refractivity contribution in [3.8, 4) is 0 Å². The van der Waals surface area contributed by atoms with Crippen molar-refractivity contribution in [2.45, 2.75) is 0 Å². The van der Waals surface area contributed by atoms with E-state index in [1.54, 1.807) is 24.3 Å². The Morgan fingerprint density at radius 2 is 1.52 bits per heavy atom. The molecular formula is C24H19F2N3O2. The van der Waals surface area contributed by atoms with Gasteiger partial charge in [0.25, 0.3) is 11.8 Å². The van der Waals surface area contributed by atoms with Crippen molar-refractivity contribution in [3.05, 3.63) is 95.7 Å². The molecule has 0 saturated heterocycles. The van der Waals surface area contributed by atoms with Crippen LogP contribution in [0.2, 0.25) is 0 Å². The highest BCUT2D eigenvalue weighted by molar-refractivity contribution is 6.46. The van der Waals surface area contributed by atoms with Gasteiger partial charge in [-0.05, 0) is 54.1 Å². The van der Waals surface area contributed by atoms with Gasteiger partial charge >= 0.3 is 0 Å². The quantitative estimate of drug-likeness (QED) is 0.622. The molecule has 0 aromatic heterocycles. The molecule has 4 rings (SSSR count). The maximum atomic E-state index is 13.7. The Labute approximate surface area is 178 Å². The third kappa shape index (κ3) is 3.90. The summed E-state index contributed by atoms with van der Waals surface area (Å²) in [6.07, 6.45) is 0. The molecule has 7 heteroatoms. The fourth-order valence-corrected chi connectivity index (χ4v) is 3.39. The highest BCUT2D eigenvalue weighted by atomic mass is 19.1. The number of hydrogen-bond acceptors (Lipinski definition) is 4. The molecule has 0 aliphatic carbocycles. The van der Waals surface area contributed by atoms with Gasteiger partial charge in [0.15, 0.2) is 0 Å². The smallest absolute Gasteiger partial charge is 0.282 e. The van der Waals surface area contributed by atoms with E-state index in [1.807, 2.05) is 25.1 Å². The Bertz CT molecular complexity index is 1200. The maximum absolute atomic E-state index is 13.7. The number of carbonyl (C=O) groups is 2. The molecule has 31 heavy (non-hydrogen) atoms. The molecule has 3 aromatic rings. The van der Waals surface area contributed by atoms with Gasteiger partial charge in [-0.2, -0.15) is 0 Å². The lowest BCUT2D eigenvalue weighted by Gasteiger charge is -2.19. The first-order chi connectivity index (χ1) is 14.8. The molecule has 1 aliphatic rings. The summed E-state index contributed by atoms with van der Waals surface area (Å²) in [6.45, 7) is 0. The topological polar surface area (TPSA) is 52.6 Å². The monoisotopic (exact) mass is 419 g/mol. The summed E-state index contributed by atoms with van der Waals surface area (Å²) in [5.74, 6) is -2.08. The SMILES string of the molecule is CN(C)c1cccc(N2C(=O)C(Nc3cccc(F)c3)=C(c3ccc(F)cc3)C2=O)c1. The number of benzene rings is 3. The van der Waals surface area contributed by atoms with Gasteiger partial charge in [-0.25, -0.2) is 13.7 Å². The Morgan fingerprint density at radius 3 is 2.19 bits per heavy atom. The average molecular weight is 419 g/mol. The van der Waals surface area contributed by atoms with Gasteiger partial charge in [-0.1, -0.05) is 24.3 Å². The van der Waals surface area contributed by atoms with Crippen molar-refractivity contribution in [1.82, 2.24) is 0 Å². The fourth-order valence-electron chi connectivity index (χ4n) is 3.39. The molecule has 1 heterocycles. The van der Waals surface area contributed by atoms with E-state index in [4.69, 9.17) is 0 Å². The average Bonchev–Trinajstić information content (AvgIpc) is 2.98. The predicted molar refractivity (Wildman–Crippen MR) is 117 cm³/mol. The Hall–Kier alpha value is -4.00. The second kappa shape index (κ2) is 8.02. The molecule has 0 atom stereocenters. The molecule has 0 unspecified atom stereocenters. The molecule has 0 saturated carbocycles. The number of anilines is 3. The molecule has 1 aliphatic heterocycles. The van der Waals surface area contributed by atoms with Crippen LogP contribution in [0.4, 0.5) is 25.8 Å². The van der Waals surface area contributed by atoms with Crippen LogP contribution in [0.5, 0.6) is 0 Å². The van der Waals surface area contributed by atoms with Gasteiger partial charge in [-0.3, -0.25) is 9.59 Å². The molecule has 2 amide bonds. The zero-order chi connectivity index (χ0) is 22.1. The van der Waals surface area contributed by atoms with Crippen molar-refractivity contribution in [3.63, 3.8) is 0 Å². The second-order valence-corrected chi connectivity index (χ2v) is 7.25. The fraction of sp³-hybridized carbons (Fsp3) is 0.0833. The van der Waals surface area contributed by atoms with Crippen molar-refractivity contribution in [2.24, 2.45) is 0 Å². The van der Waals surface area contributed by atoms with Crippen molar-refractivity contribution in [2.75, 3.05) is 29.2 Å². The van der Waals surface area contributed by atoms with Crippen LogP contribution in [0.25, 0.3) is 5.57 Å². The lowest BCUT2D eigenvalue weighted by molar-refractivity contribution is -0.120. The van der Waals surface area contributed by atoms with Crippen molar-refractivity contribution >= 4 is 34.4 Å². The van der Waals surface area contributed by atoms with Crippen LogP contribution in [0.3, 0.4) is 0 Å². The Morgan fingerprint density at radius 1 is 0.806 bits per heavy atom. The van der Waals surface area contributed by atoms with Crippen LogP contribution in [-0.4, -0.2) is 25.9 Å². The summed E-state index contributed by atoms with van der Waals surface area (Å²) >= 11 is 0.